The lowest BCUT2D eigenvalue weighted by Gasteiger charge is -2.38. The summed E-state index contributed by atoms with van der Waals surface area (Å²) in [7, 11) is 1.45. The summed E-state index contributed by atoms with van der Waals surface area (Å²) in [6, 6.07) is 3.37. The van der Waals surface area contributed by atoms with Gasteiger partial charge in [0.25, 0.3) is 11.8 Å². The summed E-state index contributed by atoms with van der Waals surface area (Å²) in [4.78, 5) is 75.7. The highest BCUT2D eigenvalue weighted by Crippen LogP contribution is 2.34. The minimum Gasteiger partial charge on any atom is -0.496 e. The van der Waals surface area contributed by atoms with Crippen LogP contribution in [0.2, 0.25) is 0 Å². The van der Waals surface area contributed by atoms with Crippen molar-refractivity contribution in [3.05, 3.63) is 29.3 Å². The highest BCUT2D eigenvalue weighted by atomic mass is 16.7. The molecule has 2 heterocycles. The quantitative estimate of drug-likeness (QED) is 0.328. The number of rotatable bonds is 6. The Morgan fingerprint density at radius 1 is 0.761 bits per heavy atom. The number of hydrogen-bond acceptors (Lipinski definition) is 11. The number of benzene rings is 1. The second-order valence-electron chi connectivity index (χ2n) is 14.5. The lowest BCUT2D eigenvalue weighted by atomic mass is 10.00. The molecule has 2 saturated heterocycles. The Balaban J connectivity index is 2.08. The Morgan fingerprint density at radius 3 is 1.85 bits per heavy atom. The lowest BCUT2D eigenvalue weighted by molar-refractivity contribution is -0.172. The SMILES string of the molecule is COc1ccc(C(=O)ON2C(=O)CCC2=O)cc1C(C(=O)OC(C)(C)C)N1CCN(C(=O)OC(C)(C)C)CCN(C(C)(C)C)CC1. The summed E-state index contributed by atoms with van der Waals surface area (Å²) >= 11 is 0. The van der Waals surface area contributed by atoms with E-state index in [9.17, 15) is 24.0 Å². The van der Waals surface area contributed by atoms with Crippen LogP contribution in [0.3, 0.4) is 0 Å². The van der Waals surface area contributed by atoms with Crippen LogP contribution in [0.1, 0.15) is 97.1 Å². The van der Waals surface area contributed by atoms with Crippen LogP contribution in [0.4, 0.5) is 4.79 Å². The molecule has 2 fully saturated rings. The summed E-state index contributed by atoms with van der Waals surface area (Å²) in [6.07, 6.45) is -0.534. The van der Waals surface area contributed by atoms with Crippen molar-refractivity contribution in [3.63, 3.8) is 0 Å². The second-order valence-corrected chi connectivity index (χ2v) is 14.5. The van der Waals surface area contributed by atoms with Crippen molar-refractivity contribution in [2.45, 2.75) is 97.9 Å². The maximum Gasteiger partial charge on any atom is 0.410 e. The zero-order chi connectivity index (χ0) is 34.6. The third-order valence-electron chi connectivity index (χ3n) is 7.49. The molecular formula is C33H50N4O9. The number of carbonyl (C=O) groups excluding carboxylic acids is 5. The summed E-state index contributed by atoms with van der Waals surface area (Å²) in [5.41, 5.74) is -1.44. The fourth-order valence-corrected chi connectivity index (χ4v) is 5.21. The molecule has 1 aromatic rings. The van der Waals surface area contributed by atoms with Gasteiger partial charge in [-0.05, 0) is 80.5 Å². The van der Waals surface area contributed by atoms with Crippen molar-refractivity contribution in [1.82, 2.24) is 19.8 Å². The number of carbonyl (C=O) groups is 5. The van der Waals surface area contributed by atoms with Crippen molar-refractivity contribution in [1.29, 1.82) is 0 Å². The molecule has 13 nitrogen and oxygen atoms in total. The van der Waals surface area contributed by atoms with E-state index in [2.05, 4.69) is 25.7 Å². The maximum absolute atomic E-state index is 14.1. The molecule has 0 spiro atoms. The molecule has 1 aromatic carbocycles. The molecule has 0 saturated carbocycles. The Hall–Kier alpha value is -3.71. The van der Waals surface area contributed by atoms with Gasteiger partial charge in [-0.2, -0.15) is 0 Å². The molecule has 13 heteroatoms. The second kappa shape index (κ2) is 14.4. The normalized spacial score (nSPS) is 18.4. The Bertz CT molecular complexity index is 1290. The zero-order valence-electron chi connectivity index (χ0n) is 28.9. The van der Waals surface area contributed by atoms with E-state index >= 15 is 0 Å². The lowest BCUT2D eigenvalue weighted by Crippen LogP contribution is -2.48. The van der Waals surface area contributed by atoms with E-state index in [4.69, 9.17) is 19.0 Å². The molecule has 0 aliphatic carbocycles. The first kappa shape index (κ1) is 36.8. The number of esters is 1. The van der Waals surface area contributed by atoms with Crippen LogP contribution in [0.5, 0.6) is 5.75 Å². The van der Waals surface area contributed by atoms with E-state index in [0.29, 0.717) is 42.6 Å². The Kier molecular flexibility index (Phi) is 11.5. The van der Waals surface area contributed by atoms with E-state index < -0.39 is 47.1 Å². The Labute approximate surface area is 272 Å². The smallest absolute Gasteiger partial charge is 0.410 e. The number of ether oxygens (including phenoxy) is 3. The van der Waals surface area contributed by atoms with Crippen LogP contribution < -0.4 is 4.74 Å². The van der Waals surface area contributed by atoms with Crippen LogP contribution in [-0.2, 0) is 28.7 Å². The molecule has 256 valence electrons. The van der Waals surface area contributed by atoms with Gasteiger partial charge in [0, 0.05) is 63.2 Å². The minimum absolute atomic E-state index is 0.00725. The molecule has 0 aromatic heterocycles. The first-order chi connectivity index (χ1) is 21.2. The number of hydroxylamine groups is 2. The first-order valence-electron chi connectivity index (χ1n) is 15.7. The van der Waals surface area contributed by atoms with Crippen LogP contribution in [0, 0.1) is 0 Å². The summed E-state index contributed by atoms with van der Waals surface area (Å²) < 4.78 is 17.3. The summed E-state index contributed by atoms with van der Waals surface area (Å²) in [5.74, 6) is -2.40. The molecular weight excluding hydrogens is 596 g/mol. The molecule has 3 amide bonds. The van der Waals surface area contributed by atoms with Crippen molar-refractivity contribution < 1.29 is 43.0 Å². The number of amides is 3. The average Bonchev–Trinajstić information content (AvgIpc) is 3.28. The fourth-order valence-electron chi connectivity index (χ4n) is 5.21. The number of methoxy groups -OCH3 is 1. The molecule has 1 atom stereocenters. The molecule has 46 heavy (non-hydrogen) atoms. The molecule has 2 aliphatic heterocycles. The van der Waals surface area contributed by atoms with E-state index in [1.54, 1.807) is 25.7 Å². The van der Waals surface area contributed by atoms with Gasteiger partial charge in [0.15, 0.2) is 0 Å². The predicted octanol–water partition coefficient (Wildman–Crippen LogP) is 3.95. The third kappa shape index (κ3) is 9.89. The molecule has 0 N–H and O–H groups in total. The average molecular weight is 647 g/mol. The molecule has 0 bridgehead atoms. The predicted molar refractivity (Wildman–Crippen MR) is 169 cm³/mol. The van der Waals surface area contributed by atoms with Gasteiger partial charge in [-0.25, -0.2) is 14.4 Å². The maximum atomic E-state index is 14.1. The van der Waals surface area contributed by atoms with Gasteiger partial charge in [0.05, 0.1) is 12.7 Å². The van der Waals surface area contributed by atoms with Crippen molar-refractivity contribution in [3.8, 4) is 5.75 Å². The molecule has 3 rings (SSSR count). The van der Waals surface area contributed by atoms with Crippen molar-refractivity contribution in [2.75, 3.05) is 46.4 Å². The molecule has 2 aliphatic rings. The van der Waals surface area contributed by atoms with Gasteiger partial charge in [-0.1, -0.05) is 0 Å². The van der Waals surface area contributed by atoms with Gasteiger partial charge in [0.2, 0.25) is 0 Å². The summed E-state index contributed by atoms with van der Waals surface area (Å²) in [6.45, 7) is 19.5. The fraction of sp³-hybridized carbons (Fsp3) is 0.667. The van der Waals surface area contributed by atoms with E-state index in [-0.39, 0.29) is 37.0 Å². The number of nitrogens with zero attached hydrogens (tertiary/aromatic N) is 4. The number of imide groups is 1. The van der Waals surface area contributed by atoms with E-state index in [1.165, 1.54) is 25.3 Å². The van der Waals surface area contributed by atoms with Gasteiger partial charge < -0.3 is 23.9 Å². The minimum atomic E-state index is -1.06. The van der Waals surface area contributed by atoms with Gasteiger partial charge >= 0.3 is 18.0 Å². The molecule has 0 radical (unpaired) electrons. The third-order valence-corrected chi connectivity index (χ3v) is 7.49. The standard InChI is InChI=1S/C33H50N4O9/c1-31(2,3)36-19-17-34(15-16-35(18-20-36)30(42)45-33(7,8)9)27(29(41)44-32(4,5)6)23-21-22(11-12-24(23)43-10)28(40)46-37-25(38)13-14-26(37)39/h11-12,21,27H,13-20H2,1-10H3. The number of hydrogen-bond donors (Lipinski definition) is 0. The largest absolute Gasteiger partial charge is 0.496 e. The highest BCUT2D eigenvalue weighted by Gasteiger charge is 2.38. The van der Waals surface area contributed by atoms with Crippen LogP contribution >= 0.6 is 0 Å². The van der Waals surface area contributed by atoms with Gasteiger partial charge in [-0.15, -0.1) is 5.06 Å². The van der Waals surface area contributed by atoms with Gasteiger partial charge in [-0.3, -0.25) is 19.4 Å². The van der Waals surface area contributed by atoms with E-state index in [1.807, 2.05) is 25.7 Å². The summed E-state index contributed by atoms with van der Waals surface area (Å²) in [5, 5.41) is 0.478. The van der Waals surface area contributed by atoms with Crippen LogP contribution in [0.25, 0.3) is 0 Å². The van der Waals surface area contributed by atoms with E-state index in [0.717, 1.165) is 0 Å². The first-order valence-corrected chi connectivity index (χ1v) is 15.7. The van der Waals surface area contributed by atoms with Crippen LogP contribution in [-0.4, -0.2) is 113 Å². The molecule has 1 unspecified atom stereocenters. The van der Waals surface area contributed by atoms with Crippen LogP contribution in [0.15, 0.2) is 18.2 Å². The van der Waals surface area contributed by atoms with Crippen molar-refractivity contribution >= 4 is 29.8 Å². The topological polar surface area (TPSA) is 135 Å². The highest BCUT2D eigenvalue weighted by molar-refractivity contribution is 6.02. The van der Waals surface area contributed by atoms with Gasteiger partial charge in [0.1, 0.15) is 23.0 Å². The van der Waals surface area contributed by atoms with Crippen molar-refractivity contribution in [2.24, 2.45) is 0 Å². The Morgan fingerprint density at radius 2 is 1.30 bits per heavy atom. The monoisotopic (exact) mass is 646 g/mol. The zero-order valence-corrected chi connectivity index (χ0v) is 28.9.